The van der Waals surface area contributed by atoms with E-state index < -0.39 is 26.8 Å². The molecule has 0 saturated heterocycles. The monoisotopic (exact) mass is 277 g/mol. The highest BCUT2D eigenvalue weighted by molar-refractivity contribution is 7.92. The number of carboxylic acids is 1. The first kappa shape index (κ1) is 14.0. The van der Waals surface area contributed by atoms with Crippen molar-refractivity contribution in [1.29, 1.82) is 0 Å². The molecule has 1 aromatic rings. The van der Waals surface area contributed by atoms with Gasteiger partial charge in [0, 0.05) is 11.6 Å². The van der Waals surface area contributed by atoms with Crippen molar-refractivity contribution in [3.05, 3.63) is 34.9 Å². The predicted molar refractivity (Wildman–Crippen MR) is 64.7 cm³/mol. The van der Waals surface area contributed by atoms with Crippen molar-refractivity contribution in [3.63, 3.8) is 0 Å². The third kappa shape index (κ3) is 3.42. The lowest BCUT2D eigenvalue weighted by Crippen LogP contribution is -2.27. The second-order valence-corrected chi connectivity index (χ2v) is 6.04. The summed E-state index contributed by atoms with van der Waals surface area (Å²) in [5, 5.41) is 7.73. The first-order valence-corrected chi connectivity index (χ1v) is 6.85. The Morgan fingerprint density at radius 2 is 2.00 bits per heavy atom. The summed E-state index contributed by atoms with van der Waals surface area (Å²) in [6, 6.07) is 6.35. The molecular weight excluding hydrogens is 266 g/mol. The van der Waals surface area contributed by atoms with Gasteiger partial charge in [-0.3, -0.25) is 4.79 Å². The van der Waals surface area contributed by atoms with E-state index in [9.17, 15) is 13.2 Å². The Balaban J connectivity index is 3.17. The molecule has 0 fully saturated rings. The van der Waals surface area contributed by atoms with Gasteiger partial charge in [0.05, 0.1) is 0 Å². The molecule has 94 valence electrons. The van der Waals surface area contributed by atoms with E-state index >= 15 is 0 Å². The second kappa shape index (κ2) is 5.48. The van der Waals surface area contributed by atoms with Crippen LogP contribution in [0.5, 0.6) is 0 Å². The largest absolute Gasteiger partial charge is 0.480 e. The molecule has 0 saturated carbocycles. The Kier molecular flexibility index (Phi) is 4.50. The summed E-state index contributed by atoms with van der Waals surface area (Å²) in [4.78, 5) is 10.5. The zero-order valence-electron chi connectivity index (χ0n) is 8.84. The van der Waals surface area contributed by atoms with Crippen molar-refractivity contribution >= 4 is 27.4 Å². The van der Waals surface area contributed by atoms with Gasteiger partial charge in [0.1, 0.15) is 11.0 Å². The molecule has 0 aliphatic heterocycles. The Labute approximate surface area is 104 Å². The summed E-state index contributed by atoms with van der Waals surface area (Å²) in [6.07, 6.45) is 0. The fourth-order valence-corrected chi connectivity index (χ4v) is 3.24. The van der Waals surface area contributed by atoms with Gasteiger partial charge < -0.3 is 10.8 Å². The van der Waals surface area contributed by atoms with Crippen LogP contribution in [0.4, 0.5) is 0 Å². The van der Waals surface area contributed by atoms with Crippen LogP contribution in [0, 0.1) is 0 Å². The van der Waals surface area contributed by atoms with Gasteiger partial charge in [-0.25, -0.2) is 8.42 Å². The van der Waals surface area contributed by atoms with Crippen LogP contribution in [0.1, 0.15) is 10.8 Å². The standard InChI is InChI=1S/C10H12ClNO4S/c11-8-4-2-1-3-7(8)9(5-12)17(15,16)6-10(13)14/h1-4,9H,5-6,12H2,(H,13,14). The molecule has 1 unspecified atom stereocenters. The average Bonchev–Trinajstić information content (AvgIpc) is 2.19. The van der Waals surface area contributed by atoms with E-state index in [0.29, 0.717) is 5.56 Å². The van der Waals surface area contributed by atoms with Gasteiger partial charge in [0.2, 0.25) is 0 Å². The lowest BCUT2D eigenvalue weighted by atomic mass is 10.1. The SMILES string of the molecule is NCC(c1ccccc1Cl)S(=O)(=O)CC(=O)O. The lowest BCUT2D eigenvalue weighted by Gasteiger charge is -2.16. The van der Waals surface area contributed by atoms with Gasteiger partial charge in [-0.1, -0.05) is 29.8 Å². The van der Waals surface area contributed by atoms with Crippen molar-refractivity contribution in [2.75, 3.05) is 12.3 Å². The average molecular weight is 278 g/mol. The number of hydrogen-bond acceptors (Lipinski definition) is 4. The highest BCUT2D eigenvalue weighted by atomic mass is 35.5. The van der Waals surface area contributed by atoms with Gasteiger partial charge in [0.25, 0.3) is 0 Å². The Bertz CT molecular complexity index is 515. The molecule has 1 aromatic carbocycles. The maximum atomic E-state index is 11.8. The topological polar surface area (TPSA) is 97.5 Å². The van der Waals surface area contributed by atoms with E-state index in [1.165, 1.54) is 12.1 Å². The minimum atomic E-state index is -3.86. The summed E-state index contributed by atoms with van der Waals surface area (Å²) in [5.74, 6) is -2.37. The highest BCUT2D eigenvalue weighted by Crippen LogP contribution is 2.28. The number of aliphatic carboxylic acids is 1. The van der Waals surface area contributed by atoms with Crippen molar-refractivity contribution in [2.45, 2.75) is 5.25 Å². The normalized spacial score (nSPS) is 13.3. The van der Waals surface area contributed by atoms with Crippen LogP contribution in [0.15, 0.2) is 24.3 Å². The molecule has 0 heterocycles. The van der Waals surface area contributed by atoms with Gasteiger partial charge in [-0.05, 0) is 11.6 Å². The molecule has 0 aromatic heterocycles. The third-order valence-corrected chi connectivity index (χ3v) is 4.53. The molecule has 0 radical (unpaired) electrons. The Hall–Kier alpha value is -1.11. The number of nitrogens with two attached hydrogens (primary N) is 1. The maximum absolute atomic E-state index is 11.8. The summed E-state index contributed by atoms with van der Waals surface area (Å²) in [6.45, 7) is -0.209. The molecule has 0 spiro atoms. The number of carbonyl (C=O) groups is 1. The molecule has 0 amide bonds. The quantitative estimate of drug-likeness (QED) is 0.831. The second-order valence-electron chi connectivity index (χ2n) is 3.45. The summed E-state index contributed by atoms with van der Waals surface area (Å²) in [5.41, 5.74) is 5.74. The molecule has 3 N–H and O–H groups in total. The van der Waals surface area contributed by atoms with Crippen LogP contribution in [0.25, 0.3) is 0 Å². The Morgan fingerprint density at radius 3 is 2.47 bits per heavy atom. The summed E-state index contributed by atoms with van der Waals surface area (Å²) in [7, 11) is -3.86. The predicted octanol–water partition coefficient (Wildman–Crippen LogP) is 0.839. The molecule has 1 atom stereocenters. The van der Waals surface area contributed by atoms with E-state index in [0.717, 1.165) is 0 Å². The van der Waals surface area contributed by atoms with Gasteiger partial charge >= 0.3 is 5.97 Å². The summed E-state index contributed by atoms with van der Waals surface area (Å²) >= 11 is 5.87. The zero-order chi connectivity index (χ0) is 13.1. The van der Waals surface area contributed by atoms with Crippen LogP contribution in [0.3, 0.4) is 0 Å². The number of carboxylic acid groups (broad SMARTS) is 1. The van der Waals surface area contributed by atoms with Crippen LogP contribution in [-0.2, 0) is 14.6 Å². The van der Waals surface area contributed by atoms with Crippen LogP contribution in [0.2, 0.25) is 5.02 Å². The number of benzene rings is 1. The van der Waals surface area contributed by atoms with Crippen molar-refractivity contribution in [2.24, 2.45) is 5.73 Å². The molecule has 7 heteroatoms. The van der Waals surface area contributed by atoms with E-state index in [1.807, 2.05) is 0 Å². The first-order valence-electron chi connectivity index (χ1n) is 4.76. The van der Waals surface area contributed by atoms with Gasteiger partial charge in [-0.2, -0.15) is 0 Å². The highest BCUT2D eigenvalue weighted by Gasteiger charge is 2.29. The fourth-order valence-electron chi connectivity index (χ4n) is 1.48. The Morgan fingerprint density at radius 1 is 1.41 bits per heavy atom. The number of rotatable bonds is 5. The van der Waals surface area contributed by atoms with E-state index in [4.69, 9.17) is 22.4 Å². The molecule has 0 aliphatic carbocycles. The van der Waals surface area contributed by atoms with Crippen LogP contribution in [-0.4, -0.2) is 31.8 Å². The van der Waals surface area contributed by atoms with Crippen molar-refractivity contribution < 1.29 is 18.3 Å². The van der Waals surface area contributed by atoms with Gasteiger partial charge in [0.15, 0.2) is 9.84 Å². The first-order chi connectivity index (χ1) is 7.88. The maximum Gasteiger partial charge on any atom is 0.318 e. The smallest absolute Gasteiger partial charge is 0.318 e. The summed E-state index contributed by atoms with van der Waals surface area (Å²) < 4.78 is 23.6. The van der Waals surface area contributed by atoms with Crippen LogP contribution < -0.4 is 5.73 Å². The molecule has 17 heavy (non-hydrogen) atoms. The van der Waals surface area contributed by atoms with E-state index in [1.54, 1.807) is 12.1 Å². The fraction of sp³-hybridized carbons (Fsp3) is 0.300. The lowest BCUT2D eigenvalue weighted by molar-refractivity contribution is -0.134. The van der Waals surface area contributed by atoms with Crippen LogP contribution >= 0.6 is 11.6 Å². The minimum absolute atomic E-state index is 0.209. The molecule has 0 bridgehead atoms. The van der Waals surface area contributed by atoms with E-state index in [2.05, 4.69) is 0 Å². The zero-order valence-corrected chi connectivity index (χ0v) is 10.4. The molecule has 5 nitrogen and oxygen atoms in total. The van der Waals surface area contributed by atoms with Crippen molar-refractivity contribution in [3.8, 4) is 0 Å². The number of hydrogen-bond donors (Lipinski definition) is 2. The molecule has 0 aliphatic rings. The molecular formula is C10H12ClNO4S. The molecule has 1 rings (SSSR count). The third-order valence-electron chi connectivity index (χ3n) is 2.22. The van der Waals surface area contributed by atoms with Gasteiger partial charge in [-0.15, -0.1) is 0 Å². The van der Waals surface area contributed by atoms with E-state index in [-0.39, 0.29) is 11.6 Å². The minimum Gasteiger partial charge on any atom is -0.480 e. The van der Waals surface area contributed by atoms with Crippen molar-refractivity contribution in [1.82, 2.24) is 0 Å². The number of halogens is 1. The number of sulfone groups is 1.